The maximum absolute atomic E-state index is 5.82. The molecule has 0 atom stereocenters. The lowest BCUT2D eigenvalue weighted by Gasteiger charge is -2.06. The van der Waals surface area contributed by atoms with Crippen molar-refractivity contribution in [2.24, 2.45) is 5.92 Å². The van der Waals surface area contributed by atoms with Gasteiger partial charge in [0.15, 0.2) is 0 Å². The molecule has 1 aromatic rings. The molecule has 0 unspecified atom stereocenters. The van der Waals surface area contributed by atoms with Gasteiger partial charge in [0.05, 0.1) is 0 Å². The van der Waals surface area contributed by atoms with Crippen LogP contribution in [0.1, 0.15) is 44.9 Å². The molecule has 0 radical (unpaired) electrons. The summed E-state index contributed by atoms with van der Waals surface area (Å²) < 4.78 is 0. The highest BCUT2D eigenvalue weighted by Crippen LogP contribution is 2.19. The second-order valence-electron chi connectivity index (χ2n) is 4.27. The molecule has 0 spiro atoms. The van der Waals surface area contributed by atoms with Gasteiger partial charge in [-0.2, -0.15) is 5.10 Å². The minimum Gasteiger partial charge on any atom is -0.382 e. The number of aromatic amines is 1. The number of anilines is 1. The van der Waals surface area contributed by atoms with Gasteiger partial charge < -0.3 is 5.73 Å². The van der Waals surface area contributed by atoms with Crippen LogP contribution >= 0.6 is 0 Å². The second-order valence-corrected chi connectivity index (χ2v) is 4.27. The molecule has 0 aliphatic carbocycles. The van der Waals surface area contributed by atoms with Gasteiger partial charge in [0.25, 0.3) is 0 Å². The van der Waals surface area contributed by atoms with Crippen LogP contribution in [0, 0.1) is 5.92 Å². The molecule has 80 valence electrons. The van der Waals surface area contributed by atoms with Crippen LogP contribution in [0.25, 0.3) is 0 Å². The number of nitrogens with two attached hydrogens (primary N) is 1. The van der Waals surface area contributed by atoms with E-state index >= 15 is 0 Å². The second kappa shape index (κ2) is 5.03. The van der Waals surface area contributed by atoms with E-state index in [1.165, 1.54) is 24.1 Å². The summed E-state index contributed by atoms with van der Waals surface area (Å²) in [6.45, 7) is 6.61. The fraction of sp³-hybridized carbons (Fsp3) is 0.727. The molecule has 0 aliphatic rings. The third kappa shape index (κ3) is 2.76. The summed E-state index contributed by atoms with van der Waals surface area (Å²) in [4.78, 5) is 0. The number of aromatic nitrogens is 2. The molecule has 0 aliphatic heterocycles. The Kier molecular flexibility index (Phi) is 3.98. The first-order valence-electron chi connectivity index (χ1n) is 5.46. The van der Waals surface area contributed by atoms with Gasteiger partial charge >= 0.3 is 0 Å². The van der Waals surface area contributed by atoms with Gasteiger partial charge in [-0.1, -0.05) is 27.2 Å². The Morgan fingerprint density at radius 2 is 2.14 bits per heavy atom. The molecular weight excluding hydrogens is 174 g/mol. The Labute approximate surface area is 86.1 Å². The van der Waals surface area contributed by atoms with Crippen molar-refractivity contribution in [3.8, 4) is 0 Å². The largest absolute Gasteiger partial charge is 0.382 e. The van der Waals surface area contributed by atoms with Crippen LogP contribution in [0.15, 0.2) is 0 Å². The van der Waals surface area contributed by atoms with Crippen LogP contribution in [0.4, 0.5) is 5.82 Å². The van der Waals surface area contributed by atoms with E-state index in [4.69, 9.17) is 5.73 Å². The lowest BCUT2D eigenvalue weighted by molar-refractivity contribution is 0.640. The van der Waals surface area contributed by atoms with Gasteiger partial charge in [-0.25, -0.2) is 0 Å². The molecule has 1 aromatic heterocycles. The van der Waals surface area contributed by atoms with Crippen molar-refractivity contribution in [3.05, 3.63) is 11.3 Å². The number of rotatable bonds is 5. The van der Waals surface area contributed by atoms with E-state index in [9.17, 15) is 0 Å². The summed E-state index contributed by atoms with van der Waals surface area (Å²) in [5.41, 5.74) is 8.28. The van der Waals surface area contributed by atoms with Crippen molar-refractivity contribution in [2.75, 3.05) is 5.73 Å². The molecule has 0 saturated carbocycles. The van der Waals surface area contributed by atoms with Crippen LogP contribution in [0.2, 0.25) is 0 Å². The molecule has 3 nitrogen and oxygen atoms in total. The molecule has 14 heavy (non-hydrogen) atoms. The smallest absolute Gasteiger partial charge is 0.148 e. The Balaban J connectivity index is 2.72. The summed E-state index contributed by atoms with van der Waals surface area (Å²) in [5.74, 6) is 1.32. The van der Waals surface area contributed by atoms with E-state index in [-0.39, 0.29) is 0 Å². The molecular formula is C11H21N3. The third-order valence-corrected chi connectivity index (χ3v) is 2.38. The first-order valence-corrected chi connectivity index (χ1v) is 5.46. The van der Waals surface area contributed by atoms with E-state index in [0.717, 1.165) is 12.8 Å². The van der Waals surface area contributed by atoms with E-state index < -0.39 is 0 Å². The molecule has 3 N–H and O–H groups in total. The number of nitrogen functional groups attached to an aromatic ring is 1. The maximum Gasteiger partial charge on any atom is 0.148 e. The first-order chi connectivity index (χ1) is 6.65. The van der Waals surface area contributed by atoms with Gasteiger partial charge in [-0.3, -0.25) is 5.10 Å². The zero-order valence-corrected chi connectivity index (χ0v) is 9.43. The van der Waals surface area contributed by atoms with Gasteiger partial charge in [0, 0.05) is 11.3 Å². The lowest BCUT2D eigenvalue weighted by Crippen LogP contribution is -2.00. The van der Waals surface area contributed by atoms with Crippen LogP contribution < -0.4 is 5.73 Å². The standard InChI is InChI=1S/C11H21N3/c1-4-5-6-10-9(7-8(2)3)11(12)14-13-10/h8H,4-7H2,1-3H3,(H3,12,13,14). The zero-order chi connectivity index (χ0) is 10.6. The Bertz CT molecular complexity index is 276. The average Bonchev–Trinajstić information content (AvgIpc) is 2.45. The minimum absolute atomic E-state index is 0.635. The van der Waals surface area contributed by atoms with Gasteiger partial charge in [-0.15, -0.1) is 0 Å². The van der Waals surface area contributed by atoms with Crippen molar-refractivity contribution in [3.63, 3.8) is 0 Å². The predicted molar refractivity (Wildman–Crippen MR) is 60.2 cm³/mol. The number of hydrogen-bond acceptors (Lipinski definition) is 2. The fourth-order valence-electron chi connectivity index (χ4n) is 1.61. The number of hydrogen-bond donors (Lipinski definition) is 2. The summed E-state index contributed by atoms with van der Waals surface area (Å²) in [5, 5.41) is 7.11. The molecule has 0 fully saturated rings. The topological polar surface area (TPSA) is 54.7 Å². The normalized spacial score (nSPS) is 11.1. The van der Waals surface area contributed by atoms with Crippen molar-refractivity contribution < 1.29 is 0 Å². The van der Waals surface area contributed by atoms with Gasteiger partial charge in [0.2, 0.25) is 0 Å². The van der Waals surface area contributed by atoms with E-state index in [1.54, 1.807) is 0 Å². The Hall–Kier alpha value is -0.990. The molecule has 1 heterocycles. The number of aryl methyl sites for hydroxylation is 1. The number of nitrogens with zero attached hydrogens (tertiary/aromatic N) is 1. The molecule has 0 aromatic carbocycles. The molecule has 0 bridgehead atoms. The predicted octanol–water partition coefficient (Wildman–Crippen LogP) is 2.53. The van der Waals surface area contributed by atoms with Gasteiger partial charge in [-0.05, 0) is 25.2 Å². The monoisotopic (exact) mass is 195 g/mol. The number of unbranched alkanes of at least 4 members (excludes halogenated alkanes) is 1. The van der Waals surface area contributed by atoms with Crippen LogP contribution in [-0.2, 0) is 12.8 Å². The maximum atomic E-state index is 5.82. The van der Waals surface area contributed by atoms with Crippen LogP contribution in [-0.4, -0.2) is 10.2 Å². The summed E-state index contributed by atoms with van der Waals surface area (Å²) in [7, 11) is 0. The van der Waals surface area contributed by atoms with Crippen LogP contribution in [0.3, 0.4) is 0 Å². The molecule has 0 saturated heterocycles. The van der Waals surface area contributed by atoms with Gasteiger partial charge in [0.1, 0.15) is 5.82 Å². The number of nitrogens with one attached hydrogen (secondary N) is 1. The SMILES string of the molecule is CCCCc1[nH]nc(N)c1CC(C)C. The highest BCUT2D eigenvalue weighted by molar-refractivity contribution is 5.42. The van der Waals surface area contributed by atoms with Crippen molar-refractivity contribution in [1.29, 1.82) is 0 Å². The molecule has 3 heteroatoms. The molecule has 0 amide bonds. The minimum atomic E-state index is 0.635. The van der Waals surface area contributed by atoms with Crippen molar-refractivity contribution in [1.82, 2.24) is 10.2 Å². The van der Waals surface area contributed by atoms with Crippen molar-refractivity contribution in [2.45, 2.75) is 46.5 Å². The number of H-pyrrole nitrogens is 1. The lowest BCUT2D eigenvalue weighted by atomic mass is 10.0. The van der Waals surface area contributed by atoms with E-state index in [0.29, 0.717) is 11.7 Å². The summed E-state index contributed by atoms with van der Waals surface area (Å²) in [6, 6.07) is 0. The highest BCUT2D eigenvalue weighted by atomic mass is 15.2. The Morgan fingerprint density at radius 1 is 1.43 bits per heavy atom. The average molecular weight is 195 g/mol. The molecule has 1 rings (SSSR count). The van der Waals surface area contributed by atoms with Crippen LogP contribution in [0.5, 0.6) is 0 Å². The summed E-state index contributed by atoms with van der Waals surface area (Å²) in [6.07, 6.45) is 4.51. The third-order valence-electron chi connectivity index (χ3n) is 2.38. The van der Waals surface area contributed by atoms with E-state index in [2.05, 4.69) is 31.0 Å². The highest BCUT2D eigenvalue weighted by Gasteiger charge is 2.11. The fourth-order valence-corrected chi connectivity index (χ4v) is 1.61. The van der Waals surface area contributed by atoms with E-state index in [1.807, 2.05) is 0 Å². The summed E-state index contributed by atoms with van der Waals surface area (Å²) >= 11 is 0. The van der Waals surface area contributed by atoms with Crippen molar-refractivity contribution >= 4 is 5.82 Å². The Morgan fingerprint density at radius 3 is 2.71 bits per heavy atom. The quantitative estimate of drug-likeness (QED) is 0.758. The zero-order valence-electron chi connectivity index (χ0n) is 9.43. The first kappa shape index (κ1) is 11.1.